The third-order valence-corrected chi connectivity index (χ3v) is 7.61. The first-order chi connectivity index (χ1) is 17.1. The van der Waals surface area contributed by atoms with Crippen LogP contribution in [0.4, 0.5) is 5.95 Å². The van der Waals surface area contributed by atoms with E-state index in [0.717, 1.165) is 29.9 Å². The van der Waals surface area contributed by atoms with Crippen molar-refractivity contribution in [3.8, 4) is 0 Å². The predicted molar refractivity (Wildman–Crippen MR) is 153 cm³/mol. The van der Waals surface area contributed by atoms with Gasteiger partial charge in [-0.25, -0.2) is 14.8 Å². The summed E-state index contributed by atoms with van der Waals surface area (Å²) in [7, 11) is 0. The van der Waals surface area contributed by atoms with Gasteiger partial charge in [-0.15, -0.1) is 0 Å². The largest absolute Gasteiger partial charge is 0.480 e. The average molecular weight is 520 g/mol. The number of anilines is 1. The topological polar surface area (TPSA) is 92.2 Å². The third kappa shape index (κ3) is 15.3. The Hall–Kier alpha value is -1.89. The molecule has 1 aromatic heterocycles. The van der Waals surface area contributed by atoms with Gasteiger partial charge in [0.05, 0.1) is 5.56 Å². The third-order valence-electron chi connectivity index (χ3n) is 6.63. The van der Waals surface area contributed by atoms with E-state index in [2.05, 4.69) is 56.0 Å². The van der Waals surface area contributed by atoms with Gasteiger partial charge in [-0.3, -0.25) is 4.79 Å². The summed E-state index contributed by atoms with van der Waals surface area (Å²) in [5.74, 6) is 2.80. The first-order valence-corrected chi connectivity index (χ1v) is 14.8. The standard InChI is InChI=1S/C29H49N3O3S/c1-21(2)10-7-11-22(3)12-8-13-23(4)14-9-15-24(5)16-17-36-20-27(28(34)35)32-29-30-18-26(19-31-29)25(6)33/h16,18-19,21-23,27H,7-15,17,20H2,1-6H3,(H,34,35)(H,30,31,32)/b24-16+/t22?,23?,27-/m0/s1. The van der Waals surface area contributed by atoms with Gasteiger partial charge in [0, 0.05) is 23.9 Å². The van der Waals surface area contributed by atoms with Crippen molar-refractivity contribution in [1.82, 2.24) is 9.97 Å². The molecule has 6 nitrogen and oxygen atoms in total. The van der Waals surface area contributed by atoms with E-state index in [-0.39, 0.29) is 11.7 Å². The van der Waals surface area contributed by atoms with Crippen LogP contribution >= 0.6 is 11.8 Å². The molecule has 0 aliphatic carbocycles. The van der Waals surface area contributed by atoms with Gasteiger partial charge in [0.1, 0.15) is 6.04 Å². The summed E-state index contributed by atoms with van der Waals surface area (Å²) in [6.07, 6.45) is 16.8. The number of nitrogens with zero attached hydrogens (tertiary/aromatic N) is 2. The second-order valence-electron chi connectivity index (χ2n) is 10.8. The smallest absolute Gasteiger partial charge is 0.327 e. The molecular formula is C29H49N3O3S. The second-order valence-corrected chi connectivity index (χ2v) is 11.9. The summed E-state index contributed by atoms with van der Waals surface area (Å²) >= 11 is 1.58. The van der Waals surface area contributed by atoms with E-state index in [4.69, 9.17) is 0 Å². The normalized spacial score (nSPS) is 14.5. The number of allylic oxidation sites excluding steroid dienone is 1. The van der Waals surface area contributed by atoms with Crippen LogP contribution in [0, 0.1) is 17.8 Å². The van der Waals surface area contributed by atoms with Crippen LogP contribution in [-0.2, 0) is 4.79 Å². The highest BCUT2D eigenvalue weighted by molar-refractivity contribution is 7.99. The number of carboxylic acid groups (broad SMARTS) is 1. The van der Waals surface area contributed by atoms with E-state index in [9.17, 15) is 14.7 Å². The van der Waals surface area contributed by atoms with E-state index in [0.29, 0.717) is 11.3 Å². The SMILES string of the molecule is CC(=O)c1cnc(N[C@@H](CSC/C=C(\C)CCCC(C)CCCC(C)CCCC(C)C)C(=O)O)nc1. The minimum atomic E-state index is -0.943. The zero-order chi connectivity index (χ0) is 26.9. The predicted octanol–water partition coefficient (Wildman–Crippen LogP) is 7.66. The number of hydrogen-bond acceptors (Lipinski definition) is 6. The van der Waals surface area contributed by atoms with Crippen molar-refractivity contribution in [3.05, 3.63) is 29.6 Å². The Bertz CT molecular complexity index is 795. The van der Waals surface area contributed by atoms with Crippen molar-refractivity contribution in [1.29, 1.82) is 0 Å². The molecule has 0 aliphatic rings. The minimum Gasteiger partial charge on any atom is -0.480 e. The van der Waals surface area contributed by atoms with Gasteiger partial charge in [-0.05, 0) is 44.4 Å². The van der Waals surface area contributed by atoms with Gasteiger partial charge in [-0.1, -0.05) is 84.3 Å². The Labute approximate surface area is 223 Å². The van der Waals surface area contributed by atoms with Crippen molar-refractivity contribution in [3.63, 3.8) is 0 Å². The maximum absolute atomic E-state index is 11.6. The van der Waals surface area contributed by atoms with Crippen LogP contribution in [0.5, 0.6) is 0 Å². The molecule has 0 radical (unpaired) electrons. The quantitative estimate of drug-likeness (QED) is 0.104. The molecule has 0 aromatic carbocycles. The van der Waals surface area contributed by atoms with Crippen LogP contribution < -0.4 is 5.32 Å². The molecule has 7 heteroatoms. The fourth-order valence-electron chi connectivity index (χ4n) is 4.11. The van der Waals surface area contributed by atoms with Crippen LogP contribution in [0.25, 0.3) is 0 Å². The van der Waals surface area contributed by atoms with Crippen molar-refractivity contribution in [2.24, 2.45) is 17.8 Å². The van der Waals surface area contributed by atoms with Crippen LogP contribution in [0.3, 0.4) is 0 Å². The zero-order valence-corrected chi connectivity index (χ0v) is 24.2. The molecule has 204 valence electrons. The number of nitrogens with one attached hydrogen (secondary N) is 1. The van der Waals surface area contributed by atoms with Crippen molar-refractivity contribution >= 4 is 29.5 Å². The molecule has 0 bridgehead atoms. The lowest BCUT2D eigenvalue weighted by Crippen LogP contribution is -2.32. The average Bonchev–Trinajstić information content (AvgIpc) is 2.81. The summed E-state index contributed by atoms with van der Waals surface area (Å²) < 4.78 is 0. The molecule has 0 amide bonds. The molecule has 36 heavy (non-hydrogen) atoms. The number of thioether (sulfide) groups is 1. The lowest BCUT2D eigenvalue weighted by Gasteiger charge is -2.15. The highest BCUT2D eigenvalue weighted by Gasteiger charge is 2.18. The summed E-state index contributed by atoms with van der Waals surface area (Å²) in [4.78, 5) is 31.0. The lowest BCUT2D eigenvalue weighted by molar-refractivity contribution is -0.137. The first-order valence-electron chi connectivity index (χ1n) is 13.6. The van der Waals surface area contributed by atoms with E-state index < -0.39 is 12.0 Å². The van der Waals surface area contributed by atoms with Crippen LogP contribution in [0.15, 0.2) is 24.0 Å². The van der Waals surface area contributed by atoms with E-state index in [1.807, 2.05) is 0 Å². The molecule has 1 aromatic rings. The van der Waals surface area contributed by atoms with E-state index >= 15 is 0 Å². The molecule has 0 saturated carbocycles. The molecule has 0 spiro atoms. The number of carbonyl (C=O) groups excluding carboxylic acids is 1. The number of hydrogen-bond donors (Lipinski definition) is 2. The lowest BCUT2D eigenvalue weighted by atomic mass is 9.91. The molecule has 0 aliphatic heterocycles. The second kappa shape index (κ2) is 18.4. The summed E-state index contributed by atoms with van der Waals surface area (Å²) in [5.41, 5.74) is 1.77. The highest BCUT2D eigenvalue weighted by atomic mass is 32.2. The van der Waals surface area contributed by atoms with Crippen molar-refractivity contribution in [2.45, 2.75) is 105 Å². The molecule has 1 heterocycles. The summed E-state index contributed by atoms with van der Waals surface area (Å²) in [6, 6.07) is -0.786. The van der Waals surface area contributed by atoms with Gasteiger partial charge in [0.2, 0.25) is 5.95 Å². The van der Waals surface area contributed by atoms with Crippen molar-refractivity contribution in [2.75, 3.05) is 16.8 Å². The monoisotopic (exact) mass is 519 g/mol. The Balaban J connectivity index is 2.22. The maximum Gasteiger partial charge on any atom is 0.327 e. The minimum absolute atomic E-state index is 0.124. The van der Waals surface area contributed by atoms with Crippen molar-refractivity contribution < 1.29 is 14.7 Å². The molecule has 2 unspecified atom stereocenters. The van der Waals surface area contributed by atoms with Gasteiger partial charge < -0.3 is 10.4 Å². The Morgan fingerprint density at radius 1 is 0.944 bits per heavy atom. The van der Waals surface area contributed by atoms with Gasteiger partial charge in [0.25, 0.3) is 0 Å². The first kappa shape index (κ1) is 32.1. The van der Waals surface area contributed by atoms with Gasteiger partial charge >= 0.3 is 5.97 Å². The number of aliphatic carboxylic acids is 1. The fourth-order valence-corrected chi connectivity index (χ4v) is 5.11. The molecule has 1 rings (SSSR count). The number of rotatable bonds is 20. The molecular weight excluding hydrogens is 470 g/mol. The molecule has 2 N–H and O–H groups in total. The van der Waals surface area contributed by atoms with E-state index in [1.165, 1.54) is 76.3 Å². The number of aromatic nitrogens is 2. The van der Waals surface area contributed by atoms with Crippen LogP contribution in [0.1, 0.15) is 110 Å². The number of ketones is 1. The number of carboxylic acids is 1. The maximum atomic E-state index is 11.6. The Kier molecular flexibility index (Phi) is 16.4. The van der Waals surface area contributed by atoms with E-state index in [1.54, 1.807) is 11.8 Å². The highest BCUT2D eigenvalue weighted by Crippen LogP contribution is 2.22. The van der Waals surface area contributed by atoms with Crippen LogP contribution in [-0.4, -0.2) is 44.4 Å². The Morgan fingerprint density at radius 2 is 1.50 bits per heavy atom. The molecule has 3 atom stereocenters. The Morgan fingerprint density at radius 3 is 2.03 bits per heavy atom. The summed E-state index contributed by atoms with van der Waals surface area (Å²) in [5, 5.41) is 12.3. The fraction of sp³-hybridized carbons (Fsp3) is 0.724. The zero-order valence-electron chi connectivity index (χ0n) is 23.4. The van der Waals surface area contributed by atoms with Gasteiger partial charge in [0.15, 0.2) is 5.78 Å². The number of carbonyl (C=O) groups is 2. The summed E-state index contributed by atoms with van der Waals surface area (Å²) in [6.45, 7) is 13.0. The van der Waals surface area contributed by atoms with Crippen LogP contribution in [0.2, 0.25) is 0 Å². The number of Topliss-reactive ketones (excluding diaryl/α,β-unsaturated/α-hetero) is 1. The molecule has 0 fully saturated rings. The molecule has 0 saturated heterocycles. The van der Waals surface area contributed by atoms with Gasteiger partial charge in [-0.2, -0.15) is 11.8 Å².